The van der Waals surface area contributed by atoms with Gasteiger partial charge in [-0.05, 0) is 53.0 Å². The molecule has 0 bridgehead atoms. The molecule has 0 unspecified atom stereocenters. The molecule has 0 aliphatic carbocycles. The van der Waals surface area contributed by atoms with Gasteiger partial charge in [0, 0.05) is 12.3 Å². The van der Waals surface area contributed by atoms with Gasteiger partial charge in [-0.1, -0.05) is 6.07 Å². The summed E-state index contributed by atoms with van der Waals surface area (Å²) in [5.41, 5.74) is 1.67. The minimum absolute atomic E-state index is 0.0739. The number of nitrogens with zero attached hydrogens (tertiary/aromatic N) is 2. The molecule has 2 aromatic rings. The number of hydrogen-bond acceptors (Lipinski definition) is 4. The van der Waals surface area contributed by atoms with Gasteiger partial charge in [-0.15, -0.1) is 0 Å². The molecule has 6 heteroatoms. The monoisotopic (exact) mass is 322 g/mol. The first-order chi connectivity index (χ1) is 8.99. The van der Waals surface area contributed by atoms with Crippen LogP contribution in [0.5, 0.6) is 11.6 Å². The van der Waals surface area contributed by atoms with E-state index in [-0.39, 0.29) is 11.4 Å². The van der Waals surface area contributed by atoms with Crippen molar-refractivity contribution >= 4 is 21.6 Å². The summed E-state index contributed by atoms with van der Waals surface area (Å²) in [6.45, 7) is 3.68. The summed E-state index contributed by atoms with van der Waals surface area (Å²) in [5, 5.41) is 11.0. The van der Waals surface area contributed by atoms with Gasteiger partial charge in [0.25, 0.3) is 0 Å². The van der Waals surface area contributed by atoms with Crippen LogP contribution < -0.4 is 4.74 Å². The maximum absolute atomic E-state index is 11.0. The Kier molecular flexibility index (Phi) is 3.80. The lowest BCUT2D eigenvalue weighted by atomic mass is 10.2. The van der Waals surface area contributed by atoms with Gasteiger partial charge in [0.1, 0.15) is 0 Å². The average Bonchev–Trinajstić information content (AvgIpc) is 2.36. The number of halogens is 1. The number of ether oxygens (including phenoxy) is 1. The maximum Gasteiger partial charge on any atom is 0.311 e. The van der Waals surface area contributed by atoms with Gasteiger partial charge in [-0.3, -0.25) is 10.1 Å². The van der Waals surface area contributed by atoms with Crippen LogP contribution in [0.25, 0.3) is 0 Å². The Labute approximate surface area is 118 Å². The first kappa shape index (κ1) is 13.5. The van der Waals surface area contributed by atoms with Crippen LogP contribution in [0.2, 0.25) is 0 Å². The molecule has 98 valence electrons. The first-order valence-corrected chi connectivity index (χ1v) is 6.32. The van der Waals surface area contributed by atoms with Crippen molar-refractivity contribution in [1.29, 1.82) is 0 Å². The SMILES string of the molecule is Cc1ccc(Oc2nccc(C)c2Br)c([N+](=O)[O-])c1. The molecule has 1 aromatic heterocycles. The Balaban J connectivity index is 2.44. The summed E-state index contributed by atoms with van der Waals surface area (Å²) in [6, 6.07) is 6.62. The van der Waals surface area contributed by atoms with Crippen LogP contribution in [0.4, 0.5) is 5.69 Å². The van der Waals surface area contributed by atoms with Gasteiger partial charge >= 0.3 is 5.69 Å². The second kappa shape index (κ2) is 5.36. The van der Waals surface area contributed by atoms with E-state index in [0.717, 1.165) is 11.1 Å². The molecule has 0 amide bonds. The Morgan fingerprint density at radius 3 is 2.74 bits per heavy atom. The van der Waals surface area contributed by atoms with Gasteiger partial charge in [-0.2, -0.15) is 0 Å². The van der Waals surface area contributed by atoms with Crippen LogP contribution in [0.1, 0.15) is 11.1 Å². The highest BCUT2D eigenvalue weighted by Crippen LogP contribution is 2.35. The molecule has 2 rings (SSSR count). The standard InChI is InChI=1S/C13H11BrN2O3/c1-8-3-4-11(10(7-8)16(17)18)19-13-12(14)9(2)5-6-15-13/h3-7H,1-2H3. The molecule has 0 N–H and O–H groups in total. The van der Waals surface area contributed by atoms with Gasteiger partial charge in [0.05, 0.1) is 9.40 Å². The summed E-state index contributed by atoms with van der Waals surface area (Å²) in [7, 11) is 0. The molecule has 0 aliphatic heterocycles. The Morgan fingerprint density at radius 1 is 1.32 bits per heavy atom. The topological polar surface area (TPSA) is 65.3 Å². The number of aromatic nitrogens is 1. The van der Waals surface area contributed by atoms with Crippen molar-refractivity contribution in [3.05, 3.63) is 56.2 Å². The Bertz CT molecular complexity index is 644. The third-order valence-electron chi connectivity index (χ3n) is 2.57. The third-order valence-corrected chi connectivity index (χ3v) is 3.53. The van der Waals surface area contributed by atoms with Gasteiger partial charge in [-0.25, -0.2) is 4.98 Å². The molecule has 0 radical (unpaired) electrons. The summed E-state index contributed by atoms with van der Waals surface area (Å²) in [4.78, 5) is 14.6. The van der Waals surface area contributed by atoms with Crippen LogP contribution in [0.3, 0.4) is 0 Å². The first-order valence-electron chi connectivity index (χ1n) is 5.53. The fourth-order valence-electron chi connectivity index (χ4n) is 1.55. The predicted octanol–water partition coefficient (Wildman–Crippen LogP) is 4.16. The van der Waals surface area contributed by atoms with Crippen molar-refractivity contribution in [3.8, 4) is 11.6 Å². The highest BCUT2D eigenvalue weighted by atomic mass is 79.9. The van der Waals surface area contributed by atoms with Crippen LogP contribution >= 0.6 is 15.9 Å². The van der Waals surface area contributed by atoms with E-state index in [9.17, 15) is 10.1 Å². The molecule has 0 saturated heterocycles. The lowest BCUT2D eigenvalue weighted by Crippen LogP contribution is -1.96. The molecule has 0 fully saturated rings. The zero-order valence-corrected chi connectivity index (χ0v) is 12.0. The van der Waals surface area contributed by atoms with Gasteiger partial charge in [0.15, 0.2) is 0 Å². The number of pyridine rings is 1. The molecule has 19 heavy (non-hydrogen) atoms. The summed E-state index contributed by atoms with van der Waals surface area (Å²) in [5.74, 6) is 0.487. The smallest absolute Gasteiger partial charge is 0.311 e. The maximum atomic E-state index is 11.0. The van der Waals surface area contributed by atoms with E-state index in [2.05, 4.69) is 20.9 Å². The highest BCUT2D eigenvalue weighted by molar-refractivity contribution is 9.10. The van der Waals surface area contributed by atoms with Crippen LogP contribution in [0, 0.1) is 24.0 Å². The highest BCUT2D eigenvalue weighted by Gasteiger charge is 2.17. The molecule has 5 nitrogen and oxygen atoms in total. The normalized spacial score (nSPS) is 10.3. The fraction of sp³-hybridized carbons (Fsp3) is 0.154. The van der Waals surface area contributed by atoms with Crippen LogP contribution in [-0.4, -0.2) is 9.91 Å². The third kappa shape index (κ3) is 2.90. The number of nitro benzene ring substituents is 1. The van der Waals surface area contributed by atoms with E-state index < -0.39 is 4.92 Å². The van der Waals surface area contributed by atoms with Crippen molar-refractivity contribution in [2.75, 3.05) is 0 Å². The average molecular weight is 323 g/mol. The van der Waals surface area contributed by atoms with Gasteiger partial charge in [0.2, 0.25) is 11.6 Å². The fourth-order valence-corrected chi connectivity index (χ4v) is 1.86. The molecular weight excluding hydrogens is 312 g/mol. The van der Waals surface area contributed by atoms with E-state index in [1.807, 2.05) is 13.0 Å². The van der Waals surface area contributed by atoms with Crippen molar-refractivity contribution in [2.45, 2.75) is 13.8 Å². The minimum atomic E-state index is -0.466. The molecule has 0 aliphatic rings. The van der Waals surface area contributed by atoms with E-state index in [1.54, 1.807) is 25.3 Å². The lowest BCUT2D eigenvalue weighted by Gasteiger charge is -2.08. The van der Waals surface area contributed by atoms with E-state index in [1.165, 1.54) is 6.07 Å². The van der Waals surface area contributed by atoms with Crippen LogP contribution in [0.15, 0.2) is 34.9 Å². The quantitative estimate of drug-likeness (QED) is 0.628. The minimum Gasteiger partial charge on any atom is -0.431 e. The Hall–Kier alpha value is -1.95. The zero-order chi connectivity index (χ0) is 14.0. The second-order valence-corrected chi connectivity index (χ2v) is 4.87. The number of aryl methyl sites for hydroxylation is 2. The second-order valence-electron chi connectivity index (χ2n) is 4.08. The Morgan fingerprint density at radius 2 is 2.05 bits per heavy atom. The van der Waals surface area contributed by atoms with Crippen molar-refractivity contribution in [1.82, 2.24) is 4.98 Å². The van der Waals surface area contributed by atoms with Crippen molar-refractivity contribution < 1.29 is 9.66 Å². The lowest BCUT2D eigenvalue weighted by molar-refractivity contribution is -0.385. The van der Waals surface area contributed by atoms with Crippen molar-refractivity contribution in [2.24, 2.45) is 0 Å². The zero-order valence-electron chi connectivity index (χ0n) is 10.4. The molecule has 1 heterocycles. The van der Waals surface area contributed by atoms with Crippen molar-refractivity contribution in [3.63, 3.8) is 0 Å². The molecule has 0 saturated carbocycles. The van der Waals surface area contributed by atoms with E-state index in [4.69, 9.17) is 4.74 Å². The molecule has 1 aromatic carbocycles. The number of benzene rings is 1. The van der Waals surface area contributed by atoms with Gasteiger partial charge < -0.3 is 4.74 Å². The number of rotatable bonds is 3. The number of nitro groups is 1. The molecule has 0 spiro atoms. The summed E-state index contributed by atoms with van der Waals surface area (Å²) < 4.78 is 6.22. The molecular formula is C13H11BrN2O3. The van der Waals surface area contributed by atoms with E-state index in [0.29, 0.717) is 10.4 Å². The number of hydrogen-bond donors (Lipinski definition) is 0. The summed E-state index contributed by atoms with van der Waals surface area (Å²) in [6.07, 6.45) is 1.59. The summed E-state index contributed by atoms with van der Waals surface area (Å²) >= 11 is 3.36. The predicted molar refractivity (Wildman–Crippen MR) is 74.6 cm³/mol. The van der Waals surface area contributed by atoms with E-state index >= 15 is 0 Å². The largest absolute Gasteiger partial charge is 0.431 e. The van der Waals surface area contributed by atoms with Crippen LogP contribution in [-0.2, 0) is 0 Å². The molecule has 0 atom stereocenters.